The molecule has 0 aliphatic carbocycles. The summed E-state index contributed by atoms with van der Waals surface area (Å²) in [6.07, 6.45) is 3.24. The third-order valence-electron chi connectivity index (χ3n) is 5.02. The van der Waals surface area contributed by atoms with Gasteiger partial charge in [0.2, 0.25) is 0 Å². The third kappa shape index (κ3) is 8.16. The number of ether oxygens (including phenoxy) is 2. The van der Waals surface area contributed by atoms with Gasteiger partial charge in [0.05, 0.1) is 0 Å². The Hall–Kier alpha value is -3.28. The maximum Gasteiger partial charge on any atom is 0.350 e. The molecule has 0 N–H and O–H groups in total. The van der Waals surface area contributed by atoms with Crippen molar-refractivity contribution in [1.82, 2.24) is 0 Å². The zero-order valence-electron chi connectivity index (χ0n) is 23.0. The molecule has 0 amide bonds. The average Bonchev–Trinajstić information content (AvgIpc) is 2.74. The van der Waals surface area contributed by atoms with Crippen LogP contribution in [0.5, 0.6) is 5.75 Å². The number of benzene rings is 2. The van der Waals surface area contributed by atoms with E-state index in [2.05, 4.69) is 5.18 Å². The fraction of sp³-hybridized carbons (Fsp3) is 0.448. The Balaban J connectivity index is 0.00000298. The van der Waals surface area contributed by atoms with Gasteiger partial charge < -0.3 is 9.47 Å². The monoisotopic (exact) mass is 481 g/mol. The van der Waals surface area contributed by atoms with Crippen LogP contribution in [0.15, 0.2) is 35.5 Å². The summed E-state index contributed by atoms with van der Waals surface area (Å²) in [5.41, 5.74) is 2.95. The Kier molecular flexibility index (Phi) is 10.1. The van der Waals surface area contributed by atoms with Gasteiger partial charge in [-0.2, -0.15) is 0 Å². The molecule has 2 rings (SSSR count). The number of aryl methyl sites for hydroxylation is 4. The molecule has 2 aromatic carbocycles. The number of rotatable bonds is 7. The summed E-state index contributed by atoms with van der Waals surface area (Å²) in [5, 5.41) is 3.02. The second kappa shape index (κ2) is 11.9. The lowest BCUT2D eigenvalue weighted by Crippen LogP contribution is -2.43. The summed E-state index contributed by atoms with van der Waals surface area (Å²) < 4.78 is 11.5. The van der Waals surface area contributed by atoms with Crippen LogP contribution in [-0.2, 0) is 9.53 Å². The van der Waals surface area contributed by atoms with E-state index in [4.69, 9.17) is 9.47 Å². The van der Waals surface area contributed by atoms with Gasteiger partial charge in [-0.3, -0.25) is 4.79 Å². The van der Waals surface area contributed by atoms with Gasteiger partial charge in [0.15, 0.2) is 11.4 Å². The van der Waals surface area contributed by atoms with Crippen molar-refractivity contribution in [2.45, 2.75) is 87.4 Å². The fourth-order valence-corrected chi connectivity index (χ4v) is 3.45. The van der Waals surface area contributed by atoms with Crippen LogP contribution in [0.4, 0.5) is 5.69 Å². The number of hydrogen-bond donors (Lipinski definition) is 0. The molecule has 0 heterocycles. The SMILES string of the molecule is CC.Cc1cc(C(=O)/C=C/c2cc(C)c(OC(C)(C)C(=O)OC(C)(C)C)c(C)c2)cc(C)c1N=O. The number of hydrogen-bond acceptors (Lipinski definition) is 6. The highest BCUT2D eigenvalue weighted by atomic mass is 16.6. The van der Waals surface area contributed by atoms with E-state index in [-0.39, 0.29) is 5.78 Å². The molecule has 0 aliphatic rings. The summed E-state index contributed by atoms with van der Waals surface area (Å²) in [5.74, 6) is 0.00244. The molecular formula is C29H39NO5. The van der Waals surface area contributed by atoms with E-state index < -0.39 is 17.2 Å². The van der Waals surface area contributed by atoms with Gasteiger partial charge in [-0.05, 0) is 126 Å². The number of ketones is 1. The molecule has 35 heavy (non-hydrogen) atoms. The normalized spacial score (nSPS) is 11.5. The number of esters is 1. The Bertz CT molecular complexity index is 1070. The van der Waals surface area contributed by atoms with Gasteiger partial charge in [-0.25, -0.2) is 4.79 Å². The molecule has 0 unspecified atom stereocenters. The van der Waals surface area contributed by atoms with Crippen molar-refractivity contribution >= 4 is 23.5 Å². The fourth-order valence-electron chi connectivity index (χ4n) is 3.45. The van der Waals surface area contributed by atoms with Crippen LogP contribution in [-0.4, -0.2) is 23.0 Å². The molecule has 0 aromatic heterocycles. The molecule has 0 spiro atoms. The molecule has 0 saturated carbocycles. The smallest absolute Gasteiger partial charge is 0.350 e. The molecule has 0 atom stereocenters. The van der Waals surface area contributed by atoms with Crippen LogP contribution < -0.4 is 4.74 Å². The van der Waals surface area contributed by atoms with Gasteiger partial charge in [0.25, 0.3) is 0 Å². The molecule has 190 valence electrons. The van der Waals surface area contributed by atoms with Crippen LogP contribution in [0.1, 0.15) is 86.6 Å². The first kappa shape index (κ1) is 29.8. The van der Waals surface area contributed by atoms with Crippen molar-refractivity contribution in [3.8, 4) is 5.75 Å². The minimum Gasteiger partial charge on any atom is -0.476 e. The number of allylic oxidation sites excluding steroid dienone is 1. The third-order valence-corrected chi connectivity index (χ3v) is 5.02. The predicted octanol–water partition coefficient (Wildman–Crippen LogP) is 7.74. The molecule has 6 heteroatoms. The molecule has 0 saturated heterocycles. The number of carbonyl (C=O) groups is 2. The zero-order valence-corrected chi connectivity index (χ0v) is 23.0. The Labute approximate surface area is 209 Å². The lowest BCUT2D eigenvalue weighted by atomic mass is 10.0. The van der Waals surface area contributed by atoms with Crippen molar-refractivity contribution in [2.24, 2.45) is 5.18 Å². The van der Waals surface area contributed by atoms with E-state index in [1.807, 2.05) is 60.6 Å². The first-order valence-corrected chi connectivity index (χ1v) is 11.9. The Morgan fingerprint density at radius 3 is 1.74 bits per heavy atom. The quantitative estimate of drug-likeness (QED) is 0.175. The summed E-state index contributed by atoms with van der Waals surface area (Å²) in [6, 6.07) is 7.13. The summed E-state index contributed by atoms with van der Waals surface area (Å²) in [4.78, 5) is 36.2. The standard InChI is InChI=1S/C27H33NO5.C2H6/c1-16-14-21(15-17(2)23(16)28-31)22(29)11-10-20-12-18(3)24(19(4)13-20)32-27(8,9)25(30)33-26(5,6)7;1-2/h10-15H,1-9H3;1-2H3/b11-10+;. The van der Waals surface area contributed by atoms with Crippen LogP contribution in [0, 0.1) is 32.6 Å². The van der Waals surface area contributed by atoms with Crippen LogP contribution in [0.2, 0.25) is 0 Å². The van der Waals surface area contributed by atoms with E-state index in [0.717, 1.165) is 16.7 Å². The Morgan fingerprint density at radius 1 is 0.829 bits per heavy atom. The second-order valence-electron chi connectivity index (χ2n) is 9.85. The van der Waals surface area contributed by atoms with Crippen LogP contribution in [0.3, 0.4) is 0 Å². The lowest BCUT2D eigenvalue weighted by Gasteiger charge is -2.30. The number of nitrogens with zero attached hydrogens (tertiary/aromatic N) is 1. The molecule has 0 radical (unpaired) electrons. The van der Waals surface area contributed by atoms with E-state index in [1.54, 1.807) is 45.9 Å². The topological polar surface area (TPSA) is 82.0 Å². The molecule has 0 fully saturated rings. The molecule has 2 aromatic rings. The molecular weight excluding hydrogens is 442 g/mol. The zero-order chi connectivity index (χ0) is 27.1. The van der Waals surface area contributed by atoms with E-state index >= 15 is 0 Å². The van der Waals surface area contributed by atoms with Crippen molar-refractivity contribution in [2.75, 3.05) is 0 Å². The van der Waals surface area contributed by atoms with E-state index in [0.29, 0.717) is 28.1 Å². The van der Waals surface area contributed by atoms with E-state index in [9.17, 15) is 14.5 Å². The van der Waals surface area contributed by atoms with Crippen molar-refractivity contribution < 1.29 is 19.1 Å². The van der Waals surface area contributed by atoms with Crippen molar-refractivity contribution in [3.05, 3.63) is 68.6 Å². The van der Waals surface area contributed by atoms with Gasteiger partial charge in [0.1, 0.15) is 17.0 Å². The minimum absolute atomic E-state index is 0.166. The summed E-state index contributed by atoms with van der Waals surface area (Å²) >= 11 is 0. The molecule has 0 aliphatic heterocycles. The van der Waals surface area contributed by atoms with Crippen molar-refractivity contribution in [3.63, 3.8) is 0 Å². The van der Waals surface area contributed by atoms with Crippen LogP contribution >= 0.6 is 0 Å². The number of nitroso groups, excluding NO2 is 1. The maximum atomic E-state index is 12.7. The first-order valence-electron chi connectivity index (χ1n) is 11.9. The van der Waals surface area contributed by atoms with E-state index in [1.165, 1.54) is 6.08 Å². The highest BCUT2D eigenvalue weighted by molar-refractivity contribution is 6.07. The van der Waals surface area contributed by atoms with Crippen LogP contribution in [0.25, 0.3) is 6.08 Å². The van der Waals surface area contributed by atoms with Gasteiger partial charge in [-0.1, -0.05) is 19.9 Å². The summed E-state index contributed by atoms with van der Waals surface area (Å²) in [7, 11) is 0. The maximum absolute atomic E-state index is 12.7. The molecule has 0 bridgehead atoms. The average molecular weight is 482 g/mol. The van der Waals surface area contributed by atoms with Gasteiger partial charge >= 0.3 is 5.97 Å². The minimum atomic E-state index is -1.16. The lowest BCUT2D eigenvalue weighted by molar-refractivity contribution is -0.171. The molecule has 6 nitrogen and oxygen atoms in total. The highest BCUT2D eigenvalue weighted by Crippen LogP contribution is 2.30. The van der Waals surface area contributed by atoms with Crippen molar-refractivity contribution in [1.29, 1.82) is 0 Å². The first-order chi connectivity index (χ1) is 16.1. The summed E-state index contributed by atoms with van der Waals surface area (Å²) in [6.45, 7) is 20.1. The second-order valence-corrected chi connectivity index (χ2v) is 9.85. The highest BCUT2D eigenvalue weighted by Gasteiger charge is 2.35. The van der Waals surface area contributed by atoms with Gasteiger partial charge in [0, 0.05) is 5.56 Å². The largest absolute Gasteiger partial charge is 0.476 e. The number of carbonyl (C=O) groups excluding carboxylic acids is 2. The Morgan fingerprint density at radius 2 is 1.31 bits per heavy atom. The van der Waals surface area contributed by atoms with Gasteiger partial charge in [-0.15, -0.1) is 4.91 Å². The predicted molar refractivity (Wildman–Crippen MR) is 143 cm³/mol.